The summed E-state index contributed by atoms with van der Waals surface area (Å²) in [7, 11) is 0. The molecule has 0 rings (SSSR count). The second-order valence-corrected chi connectivity index (χ2v) is 6.10. The highest BCUT2D eigenvalue weighted by molar-refractivity contribution is 5.66. The molecule has 0 amide bonds. The molecule has 0 aromatic carbocycles. The van der Waals surface area contributed by atoms with Gasteiger partial charge in [0.15, 0.2) is 0 Å². The number of carbonyl (C=O) groups is 1. The highest BCUT2D eigenvalue weighted by Gasteiger charge is 2.13. The maximum Gasteiger partial charge on any atom is 0.303 e. The van der Waals surface area contributed by atoms with Crippen LogP contribution in [0.25, 0.3) is 0 Å². The van der Waals surface area contributed by atoms with Crippen molar-refractivity contribution in [2.45, 2.75) is 70.5 Å². The molecule has 146 valence electrons. The standard InChI is InChI=1S/C22H34O4/c1-2-3-4-5-6-7-8-9-10-11-12-13-14-15-16-17-20(23)21(24)18-19-22(25)26/h6-7,9-10,12-17,20-21,23-24H,2-5,8,11,18-19H2,1H3,(H,25,26)/b7-6+,10-9+,13-12+,15-14+,17-16+. The second-order valence-electron chi connectivity index (χ2n) is 6.10. The predicted octanol–water partition coefficient (Wildman–Crippen LogP) is 4.71. The normalized spacial score (nSPS) is 15.2. The molecule has 4 nitrogen and oxygen atoms in total. The van der Waals surface area contributed by atoms with Gasteiger partial charge in [0, 0.05) is 6.42 Å². The molecule has 0 aliphatic heterocycles. The number of hydrogen-bond acceptors (Lipinski definition) is 3. The van der Waals surface area contributed by atoms with Gasteiger partial charge < -0.3 is 15.3 Å². The zero-order valence-electron chi connectivity index (χ0n) is 15.8. The van der Waals surface area contributed by atoms with Crippen molar-refractivity contribution in [3.8, 4) is 0 Å². The summed E-state index contributed by atoms with van der Waals surface area (Å²) in [5.74, 6) is -0.984. The fraction of sp³-hybridized carbons (Fsp3) is 0.500. The van der Waals surface area contributed by atoms with Crippen LogP contribution in [0.2, 0.25) is 0 Å². The number of aliphatic hydroxyl groups excluding tert-OH is 2. The van der Waals surface area contributed by atoms with E-state index in [1.54, 1.807) is 12.2 Å². The van der Waals surface area contributed by atoms with Crippen LogP contribution in [-0.4, -0.2) is 33.5 Å². The number of aliphatic hydroxyl groups is 2. The van der Waals surface area contributed by atoms with Crippen molar-refractivity contribution < 1.29 is 20.1 Å². The van der Waals surface area contributed by atoms with E-state index in [9.17, 15) is 15.0 Å². The Labute approximate surface area is 157 Å². The van der Waals surface area contributed by atoms with Gasteiger partial charge in [-0.2, -0.15) is 0 Å². The Morgan fingerprint density at radius 2 is 1.54 bits per heavy atom. The lowest BCUT2D eigenvalue weighted by Crippen LogP contribution is -2.24. The summed E-state index contributed by atoms with van der Waals surface area (Å²) in [6, 6.07) is 0. The Morgan fingerprint density at radius 1 is 0.885 bits per heavy atom. The summed E-state index contributed by atoms with van der Waals surface area (Å²) in [5, 5.41) is 27.7. The third-order valence-electron chi connectivity index (χ3n) is 3.68. The van der Waals surface area contributed by atoms with Crippen LogP contribution in [0.5, 0.6) is 0 Å². The molecule has 2 unspecified atom stereocenters. The lowest BCUT2D eigenvalue weighted by molar-refractivity contribution is -0.137. The van der Waals surface area contributed by atoms with Crippen LogP contribution in [0.3, 0.4) is 0 Å². The first-order valence-corrected chi connectivity index (χ1v) is 9.45. The van der Waals surface area contributed by atoms with Crippen LogP contribution in [-0.2, 0) is 4.79 Å². The summed E-state index contributed by atoms with van der Waals surface area (Å²) in [6.07, 6.45) is 24.0. The maximum absolute atomic E-state index is 10.4. The van der Waals surface area contributed by atoms with E-state index in [1.807, 2.05) is 18.2 Å². The number of aliphatic carboxylic acids is 1. The van der Waals surface area contributed by atoms with Gasteiger partial charge in [-0.15, -0.1) is 0 Å². The van der Waals surface area contributed by atoms with Crippen LogP contribution in [0.4, 0.5) is 0 Å². The van der Waals surface area contributed by atoms with Crippen LogP contribution < -0.4 is 0 Å². The van der Waals surface area contributed by atoms with Crippen molar-refractivity contribution in [3.63, 3.8) is 0 Å². The number of rotatable bonds is 15. The highest BCUT2D eigenvalue weighted by Crippen LogP contribution is 2.04. The van der Waals surface area contributed by atoms with E-state index in [0.29, 0.717) is 0 Å². The van der Waals surface area contributed by atoms with Crippen molar-refractivity contribution in [2.75, 3.05) is 0 Å². The van der Waals surface area contributed by atoms with Crippen LogP contribution >= 0.6 is 0 Å². The number of unbranched alkanes of at least 4 members (excludes halogenated alkanes) is 3. The molecule has 0 aliphatic rings. The van der Waals surface area contributed by atoms with Gasteiger partial charge in [0.2, 0.25) is 0 Å². The van der Waals surface area contributed by atoms with Gasteiger partial charge in [-0.1, -0.05) is 80.5 Å². The van der Waals surface area contributed by atoms with E-state index in [0.717, 1.165) is 12.8 Å². The number of carboxylic acids is 1. The molecule has 0 aromatic rings. The second kappa shape index (κ2) is 17.9. The van der Waals surface area contributed by atoms with E-state index in [-0.39, 0.29) is 12.8 Å². The molecule has 4 heteroatoms. The zero-order valence-corrected chi connectivity index (χ0v) is 15.8. The van der Waals surface area contributed by atoms with E-state index in [4.69, 9.17) is 5.11 Å². The lowest BCUT2D eigenvalue weighted by Gasteiger charge is -2.12. The SMILES string of the molecule is CCCCC/C=C/C/C=C/C/C=C/C=C/C=C/C(O)C(O)CCC(=O)O. The topological polar surface area (TPSA) is 77.8 Å². The van der Waals surface area contributed by atoms with E-state index in [2.05, 4.69) is 31.2 Å². The maximum atomic E-state index is 10.4. The Hall–Kier alpha value is -1.91. The molecule has 0 heterocycles. The van der Waals surface area contributed by atoms with Crippen molar-refractivity contribution in [2.24, 2.45) is 0 Å². The minimum atomic E-state index is -1.06. The van der Waals surface area contributed by atoms with Crippen molar-refractivity contribution in [1.82, 2.24) is 0 Å². The lowest BCUT2D eigenvalue weighted by atomic mass is 10.1. The number of carboxylic acid groups (broad SMARTS) is 1. The van der Waals surface area contributed by atoms with Crippen LogP contribution in [0.15, 0.2) is 60.8 Å². The zero-order chi connectivity index (χ0) is 19.5. The third kappa shape index (κ3) is 16.9. The smallest absolute Gasteiger partial charge is 0.303 e. The Bertz CT molecular complexity index is 486. The molecule has 0 aliphatic carbocycles. The van der Waals surface area contributed by atoms with Gasteiger partial charge in [0.1, 0.15) is 0 Å². The monoisotopic (exact) mass is 362 g/mol. The Kier molecular flexibility index (Phi) is 16.6. The minimum absolute atomic E-state index is 0.0325. The summed E-state index contributed by atoms with van der Waals surface area (Å²) in [5.41, 5.74) is 0. The summed E-state index contributed by atoms with van der Waals surface area (Å²) in [4.78, 5) is 10.4. The molecule has 0 saturated heterocycles. The first-order chi connectivity index (χ1) is 12.6. The highest BCUT2D eigenvalue weighted by atomic mass is 16.4. The van der Waals surface area contributed by atoms with Gasteiger partial charge in [0.05, 0.1) is 12.2 Å². The van der Waals surface area contributed by atoms with Gasteiger partial charge >= 0.3 is 5.97 Å². The van der Waals surface area contributed by atoms with Crippen LogP contribution in [0, 0.1) is 0 Å². The van der Waals surface area contributed by atoms with Crippen LogP contribution in [0.1, 0.15) is 58.3 Å². The van der Waals surface area contributed by atoms with Gasteiger partial charge in [-0.05, 0) is 32.1 Å². The van der Waals surface area contributed by atoms with Gasteiger partial charge in [0.25, 0.3) is 0 Å². The number of allylic oxidation sites excluding steroid dienone is 9. The molecule has 0 aromatic heterocycles. The summed E-state index contributed by atoms with van der Waals surface area (Å²) < 4.78 is 0. The molecule has 0 saturated carbocycles. The molecule has 3 N–H and O–H groups in total. The first-order valence-electron chi connectivity index (χ1n) is 9.45. The average molecular weight is 363 g/mol. The minimum Gasteiger partial charge on any atom is -0.481 e. The summed E-state index contributed by atoms with van der Waals surface area (Å²) in [6.45, 7) is 2.21. The van der Waals surface area contributed by atoms with Gasteiger partial charge in [-0.25, -0.2) is 0 Å². The number of hydrogen-bond donors (Lipinski definition) is 3. The molecule has 0 spiro atoms. The van der Waals surface area contributed by atoms with Gasteiger partial charge in [-0.3, -0.25) is 4.79 Å². The fourth-order valence-corrected chi connectivity index (χ4v) is 2.11. The molecular weight excluding hydrogens is 328 g/mol. The molecule has 0 radical (unpaired) electrons. The third-order valence-corrected chi connectivity index (χ3v) is 3.68. The average Bonchev–Trinajstić information content (AvgIpc) is 2.62. The summed E-state index contributed by atoms with van der Waals surface area (Å²) >= 11 is 0. The molecular formula is C22H34O4. The fourth-order valence-electron chi connectivity index (χ4n) is 2.11. The quantitative estimate of drug-likeness (QED) is 0.224. The Balaban J connectivity index is 3.80. The molecule has 26 heavy (non-hydrogen) atoms. The van der Waals surface area contributed by atoms with E-state index >= 15 is 0 Å². The van der Waals surface area contributed by atoms with E-state index < -0.39 is 18.2 Å². The van der Waals surface area contributed by atoms with Crippen molar-refractivity contribution in [1.29, 1.82) is 0 Å². The van der Waals surface area contributed by atoms with Crippen molar-refractivity contribution >= 4 is 5.97 Å². The predicted molar refractivity (Wildman–Crippen MR) is 108 cm³/mol. The Morgan fingerprint density at radius 3 is 2.23 bits per heavy atom. The molecule has 0 bridgehead atoms. The first kappa shape index (κ1) is 24.1. The van der Waals surface area contributed by atoms with Crippen molar-refractivity contribution in [3.05, 3.63) is 60.8 Å². The molecule has 0 fully saturated rings. The molecule has 2 atom stereocenters. The largest absolute Gasteiger partial charge is 0.481 e. The van der Waals surface area contributed by atoms with E-state index in [1.165, 1.54) is 31.8 Å².